The summed E-state index contributed by atoms with van der Waals surface area (Å²) in [7, 11) is 0. The van der Waals surface area contributed by atoms with Crippen LogP contribution in [0.15, 0.2) is 28.8 Å². The second kappa shape index (κ2) is 5.25. The Morgan fingerprint density at radius 1 is 1.47 bits per heavy atom. The summed E-state index contributed by atoms with van der Waals surface area (Å²) in [5.74, 6) is 4.34. The summed E-state index contributed by atoms with van der Waals surface area (Å²) in [6.07, 6.45) is 12.6. The first kappa shape index (κ1) is 13.9. The van der Waals surface area contributed by atoms with Crippen LogP contribution in [0, 0.1) is 29.6 Å². The van der Waals surface area contributed by atoms with Crippen LogP contribution >= 0.6 is 0 Å². The van der Waals surface area contributed by atoms with Crippen LogP contribution in [0.2, 0.25) is 0 Å². The first-order valence-electron chi connectivity index (χ1n) is 6.96. The maximum Gasteiger partial charge on any atom is 0.212 e. The molecule has 0 saturated heterocycles. The van der Waals surface area contributed by atoms with Crippen molar-refractivity contribution < 1.29 is 4.74 Å². The smallest absolute Gasteiger partial charge is 0.212 e. The van der Waals surface area contributed by atoms with Gasteiger partial charge in [-0.3, -0.25) is 0 Å². The second-order valence-electron chi connectivity index (χ2n) is 6.49. The number of rotatable bonds is 2. The highest BCUT2D eigenvalue weighted by Gasteiger charge is 2.33. The second-order valence-corrected chi connectivity index (χ2v) is 6.49. The Morgan fingerprint density at radius 3 is 2.79 bits per heavy atom. The topological polar surface area (TPSA) is 21.6 Å². The number of hydrogen-bond acceptors (Lipinski definition) is 2. The molecule has 0 unspecified atom stereocenters. The average molecular weight is 257 g/mol. The number of ether oxygens (including phenoxy) is 1. The normalized spacial score (nSPS) is 30.4. The van der Waals surface area contributed by atoms with Gasteiger partial charge in [0.25, 0.3) is 0 Å². The van der Waals surface area contributed by atoms with Crippen molar-refractivity contribution in [3.8, 4) is 12.3 Å². The highest BCUT2D eigenvalue weighted by atomic mass is 16.5. The Hall–Kier alpha value is -1.49. The quantitative estimate of drug-likeness (QED) is 0.693. The molecule has 2 nitrogen and oxygen atoms in total. The lowest BCUT2D eigenvalue weighted by molar-refractivity contribution is 0.234. The van der Waals surface area contributed by atoms with E-state index < -0.39 is 0 Å². The molecule has 0 bridgehead atoms. The van der Waals surface area contributed by atoms with E-state index in [-0.39, 0.29) is 11.5 Å². The minimum absolute atomic E-state index is 0.147. The first-order chi connectivity index (χ1) is 8.93. The lowest BCUT2D eigenvalue weighted by atomic mass is 9.81. The van der Waals surface area contributed by atoms with E-state index >= 15 is 0 Å². The van der Waals surface area contributed by atoms with Gasteiger partial charge >= 0.3 is 0 Å². The van der Waals surface area contributed by atoms with Crippen molar-refractivity contribution in [1.82, 2.24) is 0 Å². The standard InChI is InChI=1S/C17H23NO/c1-6-8-13-9-7-10-14(12(13)2)16-18-15(11-19-16)17(3,4)5/h1,7,9-10,12-13,15H,8,11H2,2-5H3/t12-,13+,15+/m0/s1. The monoisotopic (exact) mass is 257 g/mol. The van der Waals surface area contributed by atoms with Crippen molar-refractivity contribution >= 4 is 5.90 Å². The summed E-state index contributed by atoms with van der Waals surface area (Å²) in [6.45, 7) is 9.49. The minimum atomic E-state index is 0.147. The molecular weight excluding hydrogens is 234 g/mol. The van der Waals surface area contributed by atoms with Gasteiger partial charge in [-0.2, -0.15) is 0 Å². The van der Waals surface area contributed by atoms with Gasteiger partial charge in [-0.1, -0.05) is 45.9 Å². The molecule has 0 aromatic heterocycles. The van der Waals surface area contributed by atoms with E-state index in [0.29, 0.717) is 18.4 Å². The Kier molecular flexibility index (Phi) is 3.85. The molecule has 0 N–H and O–H groups in total. The van der Waals surface area contributed by atoms with Crippen LogP contribution in [0.25, 0.3) is 0 Å². The van der Waals surface area contributed by atoms with Crippen molar-refractivity contribution in [3.63, 3.8) is 0 Å². The zero-order chi connectivity index (χ0) is 14.0. The van der Waals surface area contributed by atoms with Crippen LogP contribution in [0.4, 0.5) is 0 Å². The van der Waals surface area contributed by atoms with Gasteiger partial charge in [0.15, 0.2) is 0 Å². The van der Waals surface area contributed by atoms with Crippen LogP contribution in [0.5, 0.6) is 0 Å². The van der Waals surface area contributed by atoms with Crippen molar-refractivity contribution in [1.29, 1.82) is 0 Å². The maximum absolute atomic E-state index is 5.82. The predicted molar refractivity (Wildman–Crippen MR) is 80.0 cm³/mol. The predicted octanol–water partition coefficient (Wildman–Crippen LogP) is 3.60. The molecule has 0 spiro atoms. The Bertz CT molecular complexity index is 470. The molecule has 2 aliphatic rings. The summed E-state index contributed by atoms with van der Waals surface area (Å²) in [5.41, 5.74) is 1.34. The highest BCUT2D eigenvalue weighted by molar-refractivity contribution is 5.95. The summed E-state index contributed by atoms with van der Waals surface area (Å²) < 4.78 is 5.82. The fourth-order valence-corrected chi connectivity index (χ4v) is 2.47. The SMILES string of the molecule is C#CC[C@@H]1C=CC=C(C2=N[C@@H](C(C)(C)C)CO2)[C@H]1C. The number of terminal acetylenes is 1. The Balaban J connectivity index is 2.17. The third-order valence-corrected chi connectivity index (χ3v) is 4.02. The van der Waals surface area contributed by atoms with Crippen LogP contribution < -0.4 is 0 Å². The van der Waals surface area contributed by atoms with Crippen LogP contribution in [-0.4, -0.2) is 18.5 Å². The highest BCUT2D eigenvalue weighted by Crippen LogP contribution is 2.33. The molecule has 0 aromatic carbocycles. The van der Waals surface area contributed by atoms with E-state index in [1.807, 2.05) is 0 Å². The average Bonchev–Trinajstić information content (AvgIpc) is 2.81. The zero-order valence-electron chi connectivity index (χ0n) is 12.3. The summed E-state index contributed by atoms with van der Waals surface area (Å²) in [4.78, 5) is 4.77. The zero-order valence-corrected chi connectivity index (χ0v) is 12.3. The van der Waals surface area contributed by atoms with E-state index in [2.05, 4.69) is 51.8 Å². The number of aliphatic imine (C=N–C) groups is 1. The first-order valence-corrected chi connectivity index (χ1v) is 6.96. The van der Waals surface area contributed by atoms with Gasteiger partial charge in [-0.05, 0) is 17.3 Å². The molecule has 0 saturated carbocycles. The van der Waals surface area contributed by atoms with E-state index in [4.69, 9.17) is 16.2 Å². The lowest BCUT2D eigenvalue weighted by Gasteiger charge is -2.24. The van der Waals surface area contributed by atoms with Gasteiger partial charge in [0.2, 0.25) is 5.90 Å². The maximum atomic E-state index is 5.82. The molecule has 19 heavy (non-hydrogen) atoms. The van der Waals surface area contributed by atoms with E-state index in [0.717, 1.165) is 12.3 Å². The Morgan fingerprint density at radius 2 is 2.21 bits per heavy atom. The third kappa shape index (κ3) is 2.92. The minimum Gasteiger partial charge on any atom is -0.475 e. The van der Waals surface area contributed by atoms with E-state index in [1.165, 1.54) is 5.57 Å². The number of allylic oxidation sites excluding steroid dienone is 3. The summed E-state index contributed by atoms with van der Waals surface area (Å²) in [5, 5.41) is 0. The van der Waals surface area contributed by atoms with E-state index in [9.17, 15) is 0 Å². The van der Waals surface area contributed by atoms with Gasteiger partial charge in [0, 0.05) is 12.0 Å². The van der Waals surface area contributed by atoms with Crippen LogP contribution in [0.1, 0.15) is 34.1 Å². The van der Waals surface area contributed by atoms with Gasteiger partial charge in [0.1, 0.15) is 6.61 Å². The number of nitrogens with zero attached hydrogens (tertiary/aromatic N) is 1. The van der Waals surface area contributed by atoms with Crippen molar-refractivity contribution in [2.45, 2.75) is 40.2 Å². The van der Waals surface area contributed by atoms with Gasteiger partial charge in [0.05, 0.1) is 6.04 Å². The lowest BCUT2D eigenvalue weighted by Crippen LogP contribution is -2.25. The van der Waals surface area contributed by atoms with Crippen molar-refractivity contribution in [2.75, 3.05) is 6.61 Å². The molecule has 0 amide bonds. The van der Waals surface area contributed by atoms with Crippen LogP contribution in [-0.2, 0) is 4.74 Å². The van der Waals surface area contributed by atoms with Crippen molar-refractivity contribution in [3.05, 3.63) is 23.8 Å². The molecule has 2 rings (SSSR count). The summed E-state index contributed by atoms with van der Waals surface area (Å²) in [6, 6.07) is 0.243. The molecule has 0 aromatic rings. The molecule has 1 heterocycles. The largest absolute Gasteiger partial charge is 0.475 e. The van der Waals surface area contributed by atoms with Gasteiger partial charge in [-0.15, -0.1) is 12.3 Å². The molecular formula is C17H23NO. The van der Waals surface area contributed by atoms with Crippen LogP contribution in [0.3, 0.4) is 0 Å². The molecule has 1 aliphatic heterocycles. The molecule has 1 aliphatic carbocycles. The molecule has 0 radical (unpaired) electrons. The Labute approximate surface area is 116 Å². The van der Waals surface area contributed by atoms with E-state index in [1.54, 1.807) is 0 Å². The molecule has 3 atom stereocenters. The van der Waals surface area contributed by atoms with Crippen molar-refractivity contribution in [2.24, 2.45) is 22.2 Å². The number of hydrogen-bond donors (Lipinski definition) is 0. The molecule has 102 valence electrons. The van der Waals surface area contributed by atoms with Gasteiger partial charge in [-0.25, -0.2) is 4.99 Å². The fourth-order valence-electron chi connectivity index (χ4n) is 2.47. The molecule has 2 heteroatoms. The van der Waals surface area contributed by atoms with Gasteiger partial charge < -0.3 is 4.74 Å². The third-order valence-electron chi connectivity index (χ3n) is 4.02. The molecule has 0 fully saturated rings. The summed E-state index contributed by atoms with van der Waals surface area (Å²) >= 11 is 0. The fraction of sp³-hybridized carbons (Fsp3) is 0.588.